The largest absolute Gasteiger partial charge is 0.466 e. The predicted octanol–water partition coefficient (Wildman–Crippen LogP) is 15.2. The highest BCUT2D eigenvalue weighted by molar-refractivity contribution is 5.69. The highest BCUT2D eigenvalue weighted by Crippen LogP contribution is 2.25. The molecule has 0 aromatic carbocycles. The van der Waals surface area contributed by atoms with E-state index in [1.807, 2.05) is 0 Å². The van der Waals surface area contributed by atoms with Crippen LogP contribution in [0.3, 0.4) is 0 Å². The minimum Gasteiger partial charge on any atom is -0.466 e. The minimum absolute atomic E-state index is 0.00996. The Balaban J connectivity index is 4.04. The van der Waals surface area contributed by atoms with Crippen molar-refractivity contribution < 1.29 is 19.1 Å². The van der Waals surface area contributed by atoms with E-state index in [1.165, 1.54) is 180 Å². The molecule has 0 aliphatic carbocycles. The van der Waals surface area contributed by atoms with Gasteiger partial charge in [-0.15, -0.1) is 0 Å². The maximum Gasteiger partial charge on any atom is 0.305 e. The van der Waals surface area contributed by atoms with Crippen molar-refractivity contribution in [2.75, 3.05) is 33.9 Å². The lowest BCUT2D eigenvalue weighted by molar-refractivity contribution is -0.144. The molecule has 0 aromatic heterocycles. The lowest BCUT2D eigenvalue weighted by Gasteiger charge is -2.18. The van der Waals surface area contributed by atoms with Gasteiger partial charge in [-0.05, 0) is 83.3 Å². The second-order valence-corrected chi connectivity index (χ2v) is 17.5. The molecular weight excluding hydrogens is 667 g/mol. The van der Waals surface area contributed by atoms with Gasteiger partial charge in [0.05, 0.1) is 13.2 Å². The van der Waals surface area contributed by atoms with Crippen LogP contribution in [0.5, 0.6) is 0 Å². The van der Waals surface area contributed by atoms with E-state index in [0.717, 1.165) is 56.3 Å². The van der Waals surface area contributed by atoms with Crippen molar-refractivity contribution in [3.8, 4) is 0 Å². The molecule has 0 saturated carbocycles. The highest BCUT2D eigenvalue weighted by atomic mass is 16.5. The first kappa shape index (κ1) is 52.9. The highest BCUT2D eigenvalue weighted by Gasteiger charge is 2.12. The van der Waals surface area contributed by atoms with Crippen molar-refractivity contribution in [2.24, 2.45) is 17.8 Å². The van der Waals surface area contributed by atoms with Crippen LogP contribution in [0, 0.1) is 17.8 Å². The molecule has 0 spiro atoms. The van der Waals surface area contributed by atoms with E-state index in [-0.39, 0.29) is 11.9 Å². The summed E-state index contributed by atoms with van der Waals surface area (Å²) in [5.41, 5.74) is 0. The first-order valence-corrected chi connectivity index (χ1v) is 24.3. The maximum absolute atomic E-state index is 12.3. The van der Waals surface area contributed by atoms with E-state index in [2.05, 4.69) is 46.7 Å². The Morgan fingerprint density at radius 3 is 0.981 bits per heavy atom. The Bertz CT molecular complexity index is 714. The first-order valence-electron chi connectivity index (χ1n) is 24.3. The third kappa shape index (κ3) is 37.8. The van der Waals surface area contributed by atoms with Crippen LogP contribution in [0.2, 0.25) is 0 Å². The van der Waals surface area contributed by atoms with Crippen LogP contribution < -0.4 is 0 Å². The summed E-state index contributed by atoms with van der Waals surface area (Å²) in [5, 5.41) is 0. The number of ether oxygens (including phenoxy) is 2. The number of hydrogen-bond acceptors (Lipinski definition) is 5. The van der Waals surface area contributed by atoms with E-state index < -0.39 is 0 Å². The first-order chi connectivity index (χ1) is 26.4. The SMILES string of the molecule is CCCCC(CCCC)CCCCOC(=O)CCCCCCCC(CCCCCCCC(=O)OCCCCC(CCCC)CCCC)CCCCN(C)C. The molecule has 0 aliphatic heterocycles. The summed E-state index contributed by atoms with van der Waals surface area (Å²) >= 11 is 0. The Morgan fingerprint density at radius 2 is 0.648 bits per heavy atom. The van der Waals surface area contributed by atoms with Gasteiger partial charge in [0.2, 0.25) is 0 Å². The van der Waals surface area contributed by atoms with E-state index in [1.54, 1.807) is 0 Å². The topological polar surface area (TPSA) is 55.8 Å². The van der Waals surface area contributed by atoms with E-state index in [9.17, 15) is 9.59 Å². The zero-order valence-electron chi connectivity index (χ0n) is 37.7. The molecular formula is C49H97NO4. The van der Waals surface area contributed by atoms with Gasteiger partial charge in [0.25, 0.3) is 0 Å². The van der Waals surface area contributed by atoms with Gasteiger partial charge >= 0.3 is 11.9 Å². The van der Waals surface area contributed by atoms with Gasteiger partial charge in [0.15, 0.2) is 0 Å². The van der Waals surface area contributed by atoms with E-state index in [4.69, 9.17) is 9.47 Å². The Labute approximate surface area is 339 Å². The molecule has 5 heteroatoms. The van der Waals surface area contributed by atoms with Gasteiger partial charge in [-0.1, -0.05) is 195 Å². The van der Waals surface area contributed by atoms with E-state index >= 15 is 0 Å². The standard InChI is InChI=1S/C49H97NO4/c1-7-11-31-45(32-12-8-2)38-26-29-43-53-48(51)40-23-19-15-17-21-35-47(37-25-28-42-50(5)6)36-22-18-16-20-24-41-49(52)54-44-30-27-39-46(33-13-9-3)34-14-10-4/h45-47H,7-44H2,1-6H3. The third-order valence-electron chi connectivity index (χ3n) is 11.9. The Hall–Kier alpha value is -1.10. The molecule has 0 amide bonds. The number of unbranched alkanes of at least 4 members (excludes halogenated alkanes) is 15. The van der Waals surface area contributed by atoms with Crippen molar-refractivity contribution in [1.82, 2.24) is 4.90 Å². The molecule has 0 aromatic rings. The lowest BCUT2D eigenvalue weighted by atomic mass is 9.90. The number of carbonyl (C=O) groups excluding carboxylic acids is 2. The second kappa shape index (κ2) is 41.5. The zero-order chi connectivity index (χ0) is 39.7. The molecule has 0 heterocycles. The number of rotatable bonds is 43. The monoisotopic (exact) mass is 764 g/mol. The van der Waals surface area contributed by atoms with Crippen LogP contribution >= 0.6 is 0 Å². The predicted molar refractivity (Wildman–Crippen MR) is 235 cm³/mol. The molecule has 5 nitrogen and oxygen atoms in total. The van der Waals surface area contributed by atoms with Gasteiger partial charge in [0.1, 0.15) is 0 Å². The number of hydrogen-bond donors (Lipinski definition) is 0. The van der Waals surface area contributed by atoms with Crippen molar-refractivity contribution in [3.05, 3.63) is 0 Å². The third-order valence-corrected chi connectivity index (χ3v) is 11.9. The number of nitrogens with zero attached hydrogens (tertiary/aromatic N) is 1. The fourth-order valence-electron chi connectivity index (χ4n) is 8.18. The molecule has 322 valence electrons. The van der Waals surface area contributed by atoms with E-state index in [0.29, 0.717) is 26.1 Å². The van der Waals surface area contributed by atoms with Crippen LogP contribution in [-0.2, 0) is 19.1 Å². The van der Waals surface area contributed by atoms with Gasteiger partial charge in [0, 0.05) is 12.8 Å². The average Bonchev–Trinajstić information content (AvgIpc) is 3.16. The molecule has 0 fully saturated rings. The summed E-state index contributed by atoms with van der Waals surface area (Å²) in [4.78, 5) is 26.8. The van der Waals surface area contributed by atoms with Gasteiger partial charge in [-0.2, -0.15) is 0 Å². The van der Waals surface area contributed by atoms with Gasteiger partial charge in [-0.3, -0.25) is 9.59 Å². The molecule has 0 aliphatic rings. The fourth-order valence-corrected chi connectivity index (χ4v) is 8.18. The fraction of sp³-hybridized carbons (Fsp3) is 0.959. The summed E-state index contributed by atoms with van der Waals surface area (Å²) in [6.07, 6.45) is 42.9. The number of carbonyl (C=O) groups is 2. The second-order valence-electron chi connectivity index (χ2n) is 17.5. The quantitative estimate of drug-likeness (QED) is 0.0457. The van der Waals surface area contributed by atoms with Gasteiger partial charge < -0.3 is 14.4 Å². The van der Waals surface area contributed by atoms with Crippen LogP contribution in [0.15, 0.2) is 0 Å². The van der Waals surface area contributed by atoms with Gasteiger partial charge in [-0.25, -0.2) is 0 Å². The number of esters is 2. The van der Waals surface area contributed by atoms with Crippen molar-refractivity contribution in [3.63, 3.8) is 0 Å². The summed E-state index contributed by atoms with van der Waals surface area (Å²) < 4.78 is 11.1. The molecule has 0 atom stereocenters. The lowest BCUT2D eigenvalue weighted by Crippen LogP contribution is -2.13. The molecule has 54 heavy (non-hydrogen) atoms. The van der Waals surface area contributed by atoms with Crippen LogP contribution in [0.25, 0.3) is 0 Å². The van der Waals surface area contributed by atoms with Crippen molar-refractivity contribution in [1.29, 1.82) is 0 Å². The summed E-state index contributed by atoms with van der Waals surface area (Å²) in [6, 6.07) is 0. The van der Waals surface area contributed by atoms with Crippen molar-refractivity contribution in [2.45, 2.75) is 252 Å². The van der Waals surface area contributed by atoms with Crippen LogP contribution in [-0.4, -0.2) is 50.7 Å². The average molecular weight is 764 g/mol. The summed E-state index contributed by atoms with van der Waals surface area (Å²) in [6.45, 7) is 11.6. The summed E-state index contributed by atoms with van der Waals surface area (Å²) in [5.74, 6) is 2.60. The smallest absolute Gasteiger partial charge is 0.305 e. The molecule has 0 rings (SSSR count). The zero-order valence-corrected chi connectivity index (χ0v) is 37.7. The van der Waals surface area contributed by atoms with Crippen LogP contribution in [0.1, 0.15) is 252 Å². The molecule has 0 N–H and O–H groups in total. The molecule has 0 radical (unpaired) electrons. The molecule has 0 unspecified atom stereocenters. The Morgan fingerprint density at radius 1 is 0.370 bits per heavy atom. The van der Waals surface area contributed by atoms with Crippen LogP contribution in [0.4, 0.5) is 0 Å². The van der Waals surface area contributed by atoms with Crippen molar-refractivity contribution >= 4 is 11.9 Å². The minimum atomic E-state index is 0.00996. The maximum atomic E-state index is 12.3. The molecule has 0 bridgehead atoms. The molecule has 0 saturated heterocycles. The Kier molecular flexibility index (Phi) is 40.7. The normalized spacial score (nSPS) is 11.8. The summed E-state index contributed by atoms with van der Waals surface area (Å²) in [7, 11) is 4.35.